The summed E-state index contributed by atoms with van der Waals surface area (Å²) in [6.07, 6.45) is -5.62. The predicted molar refractivity (Wildman–Crippen MR) is 235 cm³/mol. The number of halogens is 1. The number of nitrogens with two attached hydrogens (primary N) is 2. The van der Waals surface area contributed by atoms with Gasteiger partial charge < -0.3 is 62.6 Å². The zero-order valence-corrected chi connectivity index (χ0v) is 39.1. The second-order valence-corrected chi connectivity index (χ2v) is 17.9. The summed E-state index contributed by atoms with van der Waals surface area (Å²) in [5.74, 6) is -9.14. The van der Waals surface area contributed by atoms with E-state index >= 15 is 0 Å². The fourth-order valence-electron chi connectivity index (χ4n) is 7.31. The molecule has 1 aromatic carbocycles. The van der Waals surface area contributed by atoms with Gasteiger partial charge in [0.15, 0.2) is 12.1 Å². The first-order valence-electron chi connectivity index (χ1n) is 21.3. The highest BCUT2D eigenvalue weighted by Crippen LogP contribution is 2.29. The van der Waals surface area contributed by atoms with Crippen LogP contribution in [-0.2, 0) is 59.3 Å². The average Bonchev–Trinajstić information content (AvgIpc) is 3.25. The quantitative estimate of drug-likeness (QED) is 0.0297. The molecule has 2 saturated heterocycles. The Morgan fingerprint density at radius 1 is 1.02 bits per heavy atom. The minimum atomic E-state index is -5.14. The van der Waals surface area contributed by atoms with Gasteiger partial charge in [0.05, 0.1) is 5.02 Å². The molecule has 2 aliphatic rings. The number of carbonyl (C=O) groups excluding carboxylic acids is 7. The number of aliphatic hydroxyl groups is 2. The van der Waals surface area contributed by atoms with Crippen LogP contribution in [0.25, 0.3) is 0 Å². The van der Waals surface area contributed by atoms with Crippen LogP contribution < -0.4 is 32.7 Å². The number of cyclic esters (lactones) is 1. The lowest BCUT2D eigenvalue weighted by molar-refractivity contribution is -0.168. The van der Waals surface area contributed by atoms with Gasteiger partial charge in [-0.2, -0.15) is 8.42 Å². The maximum Gasteiger partial charge on any atom is 0.397 e. The van der Waals surface area contributed by atoms with E-state index in [9.17, 15) is 57.3 Å². The van der Waals surface area contributed by atoms with Crippen molar-refractivity contribution in [3.8, 4) is 5.75 Å². The first kappa shape index (κ1) is 55.0. The average molecular weight is 977 g/mol. The Morgan fingerprint density at radius 2 is 1.67 bits per heavy atom. The van der Waals surface area contributed by atoms with Gasteiger partial charge in [-0.3, -0.25) is 38.3 Å². The number of esters is 1. The minimum Gasteiger partial charge on any atom is -0.506 e. The second-order valence-electron chi connectivity index (χ2n) is 16.4. The number of piperidine rings is 1. The highest BCUT2D eigenvalue weighted by atomic mass is 35.5. The molecule has 3 rings (SSSR count). The van der Waals surface area contributed by atoms with Crippen molar-refractivity contribution < 1.29 is 70.8 Å². The molecule has 3 unspecified atom stereocenters. The largest absolute Gasteiger partial charge is 0.506 e. The maximum absolute atomic E-state index is 14.8. The number of fused-ring (bicyclic) bond motifs is 2. The summed E-state index contributed by atoms with van der Waals surface area (Å²) in [6, 6.07) is -5.13. The SMILES string of the molecule is CC[C@@H](C)C1C(=O)N(C)[C@@H](Cc2ccc(O)c(Cl)c2)C(=O)N[C@@H]([C@@H](C)CC)C(=O)O[C@@H](C)C(NC(=O)[C@@H](O)COS(=O)(=O)O)C(=O)NC(CCCN=C(N)N)C(=O)N[C@H]2CC[C@@H](O)N1C2=O. The van der Waals surface area contributed by atoms with Gasteiger partial charge in [0.25, 0.3) is 5.91 Å². The molecule has 2 heterocycles. The van der Waals surface area contributed by atoms with Crippen molar-refractivity contribution in [1.82, 2.24) is 31.1 Å². The summed E-state index contributed by atoms with van der Waals surface area (Å²) in [7, 11) is -3.83. The van der Waals surface area contributed by atoms with E-state index in [1.165, 1.54) is 25.2 Å². The molecule has 2 aliphatic heterocycles. The zero-order chi connectivity index (χ0) is 49.8. The Kier molecular flexibility index (Phi) is 20.4. The number of carbonyl (C=O) groups is 7. The number of nitrogens with one attached hydrogen (secondary N) is 4. The van der Waals surface area contributed by atoms with Crippen molar-refractivity contribution >= 4 is 69.4 Å². The Bertz CT molecular complexity index is 2080. The van der Waals surface area contributed by atoms with Crippen LogP contribution >= 0.6 is 11.6 Å². The molecule has 0 spiro atoms. The summed E-state index contributed by atoms with van der Waals surface area (Å²) in [5, 5.41) is 41.7. The van der Waals surface area contributed by atoms with Crippen molar-refractivity contribution in [2.75, 3.05) is 20.2 Å². The number of amides is 6. The molecule has 0 aliphatic carbocycles. The van der Waals surface area contributed by atoms with E-state index in [-0.39, 0.29) is 61.8 Å². The number of nitrogens with zero attached hydrogens (tertiary/aromatic N) is 3. The molecule has 11 atom stereocenters. The molecule has 6 amide bonds. The molecular formula is C40H62ClN9O15S. The third kappa shape index (κ3) is 15.1. The molecule has 0 radical (unpaired) electrons. The van der Waals surface area contributed by atoms with Crippen LogP contribution in [0.2, 0.25) is 5.02 Å². The van der Waals surface area contributed by atoms with Gasteiger partial charge in [0, 0.05) is 20.0 Å². The van der Waals surface area contributed by atoms with Gasteiger partial charge >= 0.3 is 16.4 Å². The lowest BCUT2D eigenvalue weighted by Gasteiger charge is -2.44. The molecule has 24 nitrogen and oxygen atoms in total. The predicted octanol–water partition coefficient (Wildman–Crippen LogP) is -2.06. The van der Waals surface area contributed by atoms with Crippen molar-refractivity contribution in [2.45, 2.75) is 134 Å². The lowest BCUT2D eigenvalue weighted by atomic mass is 9.91. The Labute approximate surface area is 387 Å². The zero-order valence-electron chi connectivity index (χ0n) is 37.5. The van der Waals surface area contributed by atoms with E-state index in [0.29, 0.717) is 12.0 Å². The summed E-state index contributed by atoms with van der Waals surface area (Å²) < 4.78 is 41.1. The number of likely N-dealkylation sites (N-methyl/N-ethyl adjacent to an activating group) is 1. The van der Waals surface area contributed by atoms with Crippen LogP contribution in [0.3, 0.4) is 0 Å². The molecule has 370 valence electrons. The van der Waals surface area contributed by atoms with Gasteiger partial charge in [-0.15, -0.1) is 0 Å². The summed E-state index contributed by atoms with van der Waals surface area (Å²) >= 11 is 6.22. The Hall–Kier alpha value is -5.34. The van der Waals surface area contributed by atoms with E-state index in [1.807, 2.05) is 0 Å². The lowest BCUT2D eigenvalue weighted by Crippen LogP contribution is -2.66. The first-order valence-corrected chi connectivity index (χ1v) is 23.1. The van der Waals surface area contributed by atoms with E-state index in [4.69, 9.17) is 32.4 Å². The highest BCUT2D eigenvalue weighted by molar-refractivity contribution is 7.80. The van der Waals surface area contributed by atoms with E-state index < -0.39 is 125 Å². The van der Waals surface area contributed by atoms with Crippen molar-refractivity contribution in [2.24, 2.45) is 28.3 Å². The second kappa shape index (κ2) is 24.4. The van der Waals surface area contributed by atoms with Gasteiger partial charge in [0.1, 0.15) is 60.9 Å². The number of aliphatic imine (C=N–C) groups is 1. The number of phenols is 1. The molecule has 12 N–H and O–H groups in total. The monoisotopic (exact) mass is 975 g/mol. The fourth-order valence-corrected chi connectivity index (χ4v) is 7.81. The number of rotatable bonds is 15. The van der Waals surface area contributed by atoms with E-state index in [1.54, 1.807) is 27.7 Å². The molecule has 66 heavy (non-hydrogen) atoms. The molecule has 1 aromatic rings. The number of phenolic OH excluding ortho intramolecular Hbond substituents is 1. The molecule has 0 saturated carbocycles. The van der Waals surface area contributed by atoms with Gasteiger partial charge in [0.2, 0.25) is 29.5 Å². The summed E-state index contributed by atoms with van der Waals surface area (Å²) in [6.45, 7) is 6.53. The topological polar surface area (TPSA) is 372 Å². The van der Waals surface area contributed by atoms with Crippen LogP contribution in [0.15, 0.2) is 23.2 Å². The molecule has 2 fully saturated rings. The molecule has 0 aromatic heterocycles. The number of ether oxygens (including phenoxy) is 1. The summed E-state index contributed by atoms with van der Waals surface area (Å²) in [5.41, 5.74) is 11.3. The van der Waals surface area contributed by atoms with Crippen molar-refractivity contribution in [3.05, 3.63) is 28.8 Å². The Balaban J connectivity index is 2.26. The third-order valence-electron chi connectivity index (χ3n) is 11.6. The van der Waals surface area contributed by atoms with E-state index in [0.717, 1.165) is 16.7 Å². The number of aromatic hydroxyl groups is 1. The van der Waals surface area contributed by atoms with Gasteiger partial charge in [-0.1, -0.05) is 58.2 Å². The fraction of sp³-hybridized carbons (Fsp3) is 0.650. The van der Waals surface area contributed by atoms with Gasteiger partial charge in [-0.05, 0) is 62.1 Å². The normalized spacial score (nSPS) is 26.6. The van der Waals surface area contributed by atoms with Crippen LogP contribution in [-0.4, -0.2) is 160 Å². The maximum atomic E-state index is 14.8. The van der Waals surface area contributed by atoms with Crippen LogP contribution in [0.5, 0.6) is 5.75 Å². The van der Waals surface area contributed by atoms with Crippen LogP contribution in [0.1, 0.15) is 78.7 Å². The van der Waals surface area contributed by atoms with Crippen LogP contribution in [0.4, 0.5) is 0 Å². The number of benzene rings is 1. The van der Waals surface area contributed by atoms with Crippen LogP contribution in [0, 0.1) is 11.8 Å². The van der Waals surface area contributed by atoms with Crippen molar-refractivity contribution in [1.29, 1.82) is 0 Å². The van der Waals surface area contributed by atoms with E-state index in [2.05, 4.69) is 30.4 Å². The smallest absolute Gasteiger partial charge is 0.397 e. The standard InChI is InChI=1S/C40H62ClN9O15S/c1-7-19(3)30-39(60)65-21(5)31(48-35(56)28(52)18-64-66(61,62)63)36(57)45-24(10-9-15-44-40(42)43)33(54)46-25-12-14-29(53)50(37(25)58)32(20(4)8-2)38(59)49(6)26(34(55)47-30)17-22-11-13-27(51)23(41)16-22/h11,13,16,19-21,24-26,28-32,51-53H,7-10,12,14-15,17-18H2,1-6H3,(H,45,57)(H,46,54)(H,47,55)(H,48,56)(H4,42,43,44)(H,61,62,63)/t19-,20+,21-,24?,25-,26-,28-,29+,30-,31?,32?/m0/s1. The molecular weight excluding hydrogens is 914 g/mol. The number of aliphatic hydroxyl groups excluding tert-OH is 2. The highest BCUT2D eigenvalue weighted by Gasteiger charge is 2.47. The minimum absolute atomic E-state index is 0.0336. The molecule has 26 heteroatoms. The molecule has 2 bridgehead atoms. The summed E-state index contributed by atoms with van der Waals surface area (Å²) in [4.78, 5) is 105. The van der Waals surface area contributed by atoms with Crippen molar-refractivity contribution in [3.63, 3.8) is 0 Å². The number of guanidine groups is 1. The third-order valence-corrected chi connectivity index (χ3v) is 12.3. The number of hydrogen-bond acceptors (Lipinski definition) is 15. The first-order chi connectivity index (χ1) is 30.8. The number of hydrogen-bond donors (Lipinski definition) is 10. The van der Waals surface area contributed by atoms with Gasteiger partial charge in [-0.25, -0.2) is 8.98 Å². The Morgan fingerprint density at radius 3 is 2.26 bits per heavy atom.